The van der Waals surface area contributed by atoms with Crippen molar-refractivity contribution in [2.24, 2.45) is 11.8 Å². The number of carbonyl (C=O) groups is 1. The van der Waals surface area contributed by atoms with Gasteiger partial charge < -0.3 is 19.6 Å². The zero-order valence-electron chi connectivity index (χ0n) is 20.1. The summed E-state index contributed by atoms with van der Waals surface area (Å²) in [5, 5.41) is 17.9. The van der Waals surface area contributed by atoms with Gasteiger partial charge in [0.1, 0.15) is 12.4 Å². The number of aliphatic hydroxyl groups excluding tert-OH is 1. The number of rotatable bonds is 11. The third kappa shape index (κ3) is 7.05. The molecule has 0 aliphatic heterocycles. The van der Waals surface area contributed by atoms with Crippen LogP contribution in [0.5, 0.6) is 5.75 Å². The van der Waals surface area contributed by atoms with Gasteiger partial charge in [-0.15, -0.1) is 5.10 Å². The molecule has 0 spiro atoms. The molecule has 8 nitrogen and oxygen atoms in total. The first-order valence-electron chi connectivity index (χ1n) is 11.6. The maximum atomic E-state index is 13.0. The van der Waals surface area contributed by atoms with E-state index in [2.05, 4.69) is 10.4 Å². The monoisotopic (exact) mass is 467 g/mol. The molecule has 1 heterocycles. The molecule has 1 aromatic heterocycles. The van der Waals surface area contributed by atoms with Crippen molar-refractivity contribution in [1.82, 2.24) is 15.1 Å². The molecule has 1 amide bonds. The van der Waals surface area contributed by atoms with Crippen LogP contribution >= 0.6 is 0 Å². The van der Waals surface area contributed by atoms with E-state index in [9.17, 15) is 14.7 Å². The molecule has 34 heavy (non-hydrogen) atoms. The Labute approximate surface area is 199 Å². The molecule has 2 N–H and O–H groups in total. The van der Waals surface area contributed by atoms with Crippen LogP contribution < -0.4 is 15.8 Å². The molecule has 0 fully saturated rings. The Morgan fingerprint density at radius 1 is 1.09 bits per heavy atom. The maximum absolute atomic E-state index is 13.0. The molecule has 0 saturated heterocycles. The van der Waals surface area contributed by atoms with Crippen molar-refractivity contribution in [2.75, 3.05) is 0 Å². The summed E-state index contributed by atoms with van der Waals surface area (Å²) in [5.74, 6) is -0.160. The number of nitrogens with one attached hydrogen (secondary N) is 1. The molecule has 3 aromatic rings. The largest absolute Gasteiger partial charge is 0.489 e. The number of benzene rings is 2. The first kappa shape index (κ1) is 25.2. The number of hydrogen-bond donors (Lipinski definition) is 2. The quantitative estimate of drug-likeness (QED) is 0.442. The summed E-state index contributed by atoms with van der Waals surface area (Å²) in [7, 11) is 0. The summed E-state index contributed by atoms with van der Waals surface area (Å²) in [6, 6.07) is 15.9. The van der Waals surface area contributed by atoms with Crippen LogP contribution in [0.15, 0.2) is 63.8 Å². The summed E-state index contributed by atoms with van der Waals surface area (Å²) in [4.78, 5) is 25.1. The van der Waals surface area contributed by atoms with Crippen LogP contribution in [0, 0.1) is 11.8 Å². The van der Waals surface area contributed by atoms with E-state index in [0.717, 1.165) is 5.56 Å². The Bertz CT molecular complexity index is 1120. The van der Waals surface area contributed by atoms with Crippen molar-refractivity contribution in [3.8, 4) is 5.75 Å². The highest BCUT2D eigenvalue weighted by Crippen LogP contribution is 2.21. The van der Waals surface area contributed by atoms with Gasteiger partial charge in [0.15, 0.2) is 6.10 Å². The average molecular weight is 468 g/mol. The highest BCUT2D eigenvalue weighted by molar-refractivity contribution is 5.94. The molecular weight excluding hydrogens is 434 g/mol. The number of aliphatic hydroxyl groups is 1. The van der Waals surface area contributed by atoms with Gasteiger partial charge in [-0.1, -0.05) is 64.1 Å². The molecule has 182 valence electrons. The van der Waals surface area contributed by atoms with E-state index < -0.39 is 17.9 Å². The molecule has 2 atom stereocenters. The lowest BCUT2D eigenvalue weighted by Crippen LogP contribution is -2.40. The molecular formula is C26H33N3O5. The first-order valence-corrected chi connectivity index (χ1v) is 11.6. The van der Waals surface area contributed by atoms with E-state index in [0.29, 0.717) is 30.9 Å². The Balaban J connectivity index is 1.72. The zero-order chi connectivity index (χ0) is 24.7. The number of hydrogen-bond acceptors (Lipinski definition) is 6. The summed E-state index contributed by atoms with van der Waals surface area (Å²) in [6.45, 7) is 8.65. The second-order valence-electron chi connectivity index (χ2n) is 9.24. The Hall–Kier alpha value is -3.39. The van der Waals surface area contributed by atoms with Gasteiger partial charge in [0, 0.05) is 5.56 Å². The summed E-state index contributed by atoms with van der Waals surface area (Å²) in [5.41, 5.74) is 1.43. The smallest absolute Gasteiger partial charge is 0.437 e. The molecule has 2 unspecified atom stereocenters. The highest BCUT2D eigenvalue weighted by atomic mass is 16.5. The van der Waals surface area contributed by atoms with E-state index in [-0.39, 0.29) is 23.6 Å². The minimum Gasteiger partial charge on any atom is -0.489 e. The molecule has 0 radical (unpaired) electrons. The molecule has 0 bridgehead atoms. The van der Waals surface area contributed by atoms with E-state index in [1.54, 1.807) is 24.3 Å². The first-order chi connectivity index (χ1) is 16.2. The number of carbonyl (C=O) groups excluding carboxylic acids is 1. The third-order valence-corrected chi connectivity index (χ3v) is 5.18. The van der Waals surface area contributed by atoms with Crippen LogP contribution in [0.4, 0.5) is 0 Å². The Kier molecular flexibility index (Phi) is 8.65. The average Bonchev–Trinajstić information content (AvgIpc) is 3.16. The molecule has 3 rings (SSSR count). The van der Waals surface area contributed by atoms with Gasteiger partial charge in [-0.25, -0.2) is 4.79 Å². The van der Waals surface area contributed by atoms with Gasteiger partial charge in [0.05, 0.1) is 12.6 Å². The van der Waals surface area contributed by atoms with Crippen molar-refractivity contribution in [3.05, 3.63) is 82.2 Å². The maximum Gasteiger partial charge on any atom is 0.437 e. The fourth-order valence-electron chi connectivity index (χ4n) is 3.57. The molecule has 2 aromatic carbocycles. The van der Waals surface area contributed by atoms with Crippen molar-refractivity contribution in [3.63, 3.8) is 0 Å². The minimum absolute atomic E-state index is 0.100. The molecule has 0 aliphatic carbocycles. The fourth-order valence-corrected chi connectivity index (χ4v) is 3.57. The zero-order valence-corrected chi connectivity index (χ0v) is 20.1. The van der Waals surface area contributed by atoms with Crippen molar-refractivity contribution in [2.45, 2.75) is 59.4 Å². The second-order valence-corrected chi connectivity index (χ2v) is 9.24. The predicted octanol–water partition coefficient (Wildman–Crippen LogP) is 3.95. The fraction of sp³-hybridized carbons (Fsp3) is 0.423. The van der Waals surface area contributed by atoms with Crippen LogP contribution in [0.2, 0.25) is 0 Å². The topological polar surface area (TPSA) is 107 Å². The lowest BCUT2D eigenvalue weighted by atomic mass is 9.98. The van der Waals surface area contributed by atoms with Crippen molar-refractivity contribution in [1.29, 1.82) is 0 Å². The van der Waals surface area contributed by atoms with Crippen LogP contribution in [0.1, 0.15) is 62.0 Å². The van der Waals surface area contributed by atoms with Crippen molar-refractivity contribution < 1.29 is 19.1 Å². The normalized spacial score (nSPS) is 13.1. The van der Waals surface area contributed by atoms with Gasteiger partial charge in [-0.05, 0) is 42.0 Å². The van der Waals surface area contributed by atoms with Crippen molar-refractivity contribution >= 4 is 5.91 Å². The SMILES string of the molecule is CC(C)CC(NC(=O)c1cccc(OCc2ccccc2)c1)C(O)c1nn(CC(C)C)c(=O)o1. The number of nitrogens with zero attached hydrogens (tertiary/aromatic N) is 2. The molecule has 0 saturated carbocycles. The predicted molar refractivity (Wildman–Crippen MR) is 128 cm³/mol. The van der Waals surface area contributed by atoms with Gasteiger partial charge in [0.25, 0.3) is 5.91 Å². The van der Waals surface area contributed by atoms with Gasteiger partial charge in [-0.2, -0.15) is 4.68 Å². The lowest BCUT2D eigenvalue weighted by Gasteiger charge is -2.23. The van der Waals surface area contributed by atoms with E-state index in [4.69, 9.17) is 9.15 Å². The standard InChI is InChI=1S/C26H33N3O5/c1-17(2)13-22(23(30)25-28-29(15-18(3)4)26(32)34-25)27-24(31)20-11-8-12-21(14-20)33-16-19-9-6-5-7-10-19/h5-12,14,17-18,22-23,30H,13,15-16H2,1-4H3,(H,27,31). The Morgan fingerprint density at radius 2 is 1.82 bits per heavy atom. The van der Waals surface area contributed by atoms with Gasteiger partial charge in [-0.3, -0.25) is 4.79 Å². The van der Waals surface area contributed by atoms with Gasteiger partial charge >= 0.3 is 5.76 Å². The molecule has 0 aliphatic rings. The lowest BCUT2D eigenvalue weighted by molar-refractivity contribution is 0.0709. The highest BCUT2D eigenvalue weighted by Gasteiger charge is 2.29. The van der Waals surface area contributed by atoms with E-state index >= 15 is 0 Å². The summed E-state index contributed by atoms with van der Waals surface area (Å²) in [6.07, 6.45) is -0.789. The van der Waals surface area contributed by atoms with Crippen LogP contribution in [0.25, 0.3) is 0 Å². The molecule has 8 heteroatoms. The van der Waals surface area contributed by atoms with Crippen LogP contribution in [0.3, 0.4) is 0 Å². The number of amides is 1. The second kappa shape index (κ2) is 11.7. The minimum atomic E-state index is -1.26. The van der Waals surface area contributed by atoms with Crippen LogP contribution in [-0.2, 0) is 13.2 Å². The van der Waals surface area contributed by atoms with E-state index in [1.807, 2.05) is 58.0 Å². The van der Waals surface area contributed by atoms with Crippen LogP contribution in [-0.4, -0.2) is 26.8 Å². The third-order valence-electron chi connectivity index (χ3n) is 5.18. The van der Waals surface area contributed by atoms with E-state index in [1.165, 1.54) is 4.68 Å². The summed E-state index contributed by atoms with van der Waals surface area (Å²) >= 11 is 0. The Morgan fingerprint density at radius 3 is 2.50 bits per heavy atom. The number of aromatic nitrogens is 2. The van der Waals surface area contributed by atoms with Gasteiger partial charge in [0.2, 0.25) is 5.89 Å². The number of ether oxygens (including phenoxy) is 1. The summed E-state index contributed by atoms with van der Waals surface area (Å²) < 4.78 is 12.2.